The second-order valence-corrected chi connectivity index (χ2v) is 11.3. The van der Waals surface area contributed by atoms with Gasteiger partial charge in [0.15, 0.2) is 5.69 Å². The molecule has 11 nitrogen and oxygen atoms in total. The third-order valence-electron chi connectivity index (χ3n) is 8.08. The summed E-state index contributed by atoms with van der Waals surface area (Å²) >= 11 is 6.13. The van der Waals surface area contributed by atoms with E-state index >= 15 is 0 Å². The van der Waals surface area contributed by atoms with Crippen LogP contribution in [0.5, 0.6) is 0 Å². The lowest BCUT2D eigenvalue weighted by Crippen LogP contribution is -2.52. The maximum atomic E-state index is 13.7. The zero-order valence-electron chi connectivity index (χ0n) is 23.3. The van der Waals surface area contributed by atoms with E-state index in [4.69, 9.17) is 17.3 Å². The summed E-state index contributed by atoms with van der Waals surface area (Å²) in [6.45, 7) is -0.343. The fourth-order valence-electron chi connectivity index (χ4n) is 6.16. The van der Waals surface area contributed by atoms with Crippen molar-refractivity contribution in [2.24, 2.45) is 11.7 Å². The number of rotatable bonds is 7. The van der Waals surface area contributed by atoms with Crippen molar-refractivity contribution in [3.8, 4) is 0 Å². The fraction of sp³-hybridized carbons (Fsp3) is 0.267. The van der Waals surface area contributed by atoms with Gasteiger partial charge >= 0.3 is 6.18 Å². The molecule has 232 valence electrons. The Hall–Kier alpha value is -4.98. The average molecular weight is 640 g/mol. The van der Waals surface area contributed by atoms with Crippen molar-refractivity contribution in [2.45, 2.75) is 44.1 Å². The zero-order chi connectivity index (χ0) is 32.0. The number of halogens is 4. The first-order chi connectivity index (χ1) is 21.4. The summed E-state index contributed by atoms with van der Waals surface area (Å²) in [7, 11) is 0. The predicted octanol–water partition coefficient (Wildman–Crippen LogP) is 4.47. The van der Waals surface area contributed by atoms with Crippen molar-refractivity contribution in [3.05, 3.63) is 82.6 Å². The SMILES string of the molecule is NC(=O)c1nn(CC(=O)N2[C@@H]3CC[C@@H](C3)[C@H]2C(=O)Nc2cccc(C(F)(F)F)n2)c2ccc(NC(=O)c3ccccc3Cl)cc12. The first kappa shape index (κ1) is 30.1. The van der Waals surface area contributed by atoms with E-state index in [-0.39, 0.29) is 40.6 Å². The molecule has 2 fully saturated rings. The zero-order valence-corrected chi connectivity index (χ0v) is 24.1. The first-order valence-corrected chi connectivity index (χ1v) is 14.3. The highest BCUT2D eigenvalue weighted by Gasteiger charge is 2.51. The van der Waals surface area contributed by atoms with Gasteiger partial charge in [-0.25, -0.2) is 4.98 Å². The minimum absolute atomic E-state index is 0.125. The van der Waals surface area contributed by atoms with Crippen LogP contribution in [0.3, 0.4) is 0 Å². The standard InChI is InChI=1S/C30H25ClF3N7O4/c31-20-5-2-1-4-18(20)28(44)36-16-9-11-21-19(13-16)25(27(35)43)39-40(21)14-24(42)41-17-10-8-15(12-17)26(41)29(45)38-23-7-3-6-22(37-23)30(32,33)34/h1-7,9,11,13,15,17,26H,8,10,12,14H2,(H2,35,43)(H,36,44)(H,37,38,45)/t15-,17+,26-/m0/s1. The molecule has 3 atom stereocenters. The third-order valence-corrected chi connectivity index (χ3v) is 8.41. The van der Waals surface area contributed by atoms with Gasteiger partial charge in [0.05, 0.1) is 16.1 Å². The number of fused-ring (bicyclic) bond motifs is 3. The van der Waals surface area contributed by atoms with Gasteiger partial charge in [-0.1, -0.05) is 29.8 Å². The molecule has 4 amide bonds. The van der Waals surface area contributed by atoms with E-state index in [1.54, 1.807) is 36.4 Å². The first-order valence-electron chi connectivity index (χ1n) is 13.9. The summed E-state index contributed by atoms with van der Waals surface area (Å²) in [6, 6.07) is 13.2. The quantitative estimate of drug-likeness (QED) is 0.271. The number of piperidine rings is 1. The van der Waals surface area contributed by atoms with Crippen molar-refractivity contribution in [1.82, 2.24) is 19.7 Å². The second kappa shape index (κ2) is 11.5. The molecule has 2 aromatic carbocycles. The predicted molar refractivity (Wildman–Crippen MR) is 157 cm³/mol. The van der Waals surface area contributed by atoms with Gasteiger partial charge in [-0.15, -0.1) is 0 Å². The minimum atomic E-state index is -4.69. The Balaban J connectivity index is 1.24. The van der Waals surface area contributed by atoms with Crippen molar-refractivity contribution in [1.29, 1.82) is 0 Å². The number of benzene rings is 2. The largest absolute Gasteiger partial charge is 0.433 e. The van der Waals surface area contributed by atoms with Gasteiger partial charge in [0.2, 0.25) is 11.8 Å². The summed E-state index contributed by atoms with van der Waals surface area (Å²) in [6.07, 6.45) is -2.77. The molecule has 4 N–H and O–H groups in total. The van der Waals surface area contributed by atoms with Crippen LogP contribution in [0, 0.1) is 5.92 Å². The van der Waals surface area contributed by atoms with Crippen LogP contribution in [-0.4, -0.2) is 55.4 Å². The molecule has 3 heterocycles. The van der Waals surface area contributed by atoms with Crippen LogP contribution in [0.1, 0.15) is 45.8 Å². The molecule has 2 aromatic heterocycles. The maximum absolute atomic E-state index is 13.7. The molecule has 0 radical (unpaired) electrons. The van der Waals surface area contributed by atoms with E-state index < -0.39 is 41.5 Å². The monoisotopic (exact) mass is 639 g/mol. The number of nitrogens with two attached hydrogens (primary N) is 1. The minimum Gasteiger partial charge on any atom is -0.364 e. The van der Waals surface area contributed by atoms with Crippen molar-refractivity contribution in [2.75, 3.05) is 10.6 Å². The lowest BCUT2D eigenvalue weighted by atomic mass is 9.97. The molecule has 0 spiro atoms. The van der Waals surface area contributed by atoms with Gasteiger partial charge in [0.1, 0.15) is 24.1 Å². The molecule has 6 rings (SSSR count). The lowest BCUT2D eigenvalue weighted by molar-refractivity contribution is -0.141. The molecule has 2 bridgehead atoms. The number of carbonyl (C=O) groups excluding carboxylic acids is 4. The number of nitrogens with zero attached hydrogens (tertiary/aromatic N) is 4. The van der Waals surface area contributed by atoms with Crippen LogP contribution in [-0.2, 0) is 22.3 Å². The van der Waals surface area contributed by atoms with Gasteiger partial charge in [-0.2, -0.15) is 18.3 Å². The summed E-state index contributed by atoms with van der Waals surface area (Å²) in [4.78, 5) is 57.1. The number of aromatic nitrogens is 3. The van der Waals surface area contributed by atoms with E-state index in [1.165, 1.54) is 21.7 Å². The molecular formula is C30H25ClF3N7O4. The summed E-state index contributed by atoms with van der Waals surface area (Å²) in [5.74, 6) is -2.87. The molecular weight excluding hydrogens is 615 g/mol. The van der Waals surface area contributed by atoms with E-state index in [0.717, 1.165) is 12.1 Å². The number of carbonyl (C=O) groups is 4. The topological polar surface area (TPSA) is 152 Å². The molecule has 1 saturated heterocycles. The number of hydrogen-bond acceptors (Lipinski definition) is 6. The Morgan fingerprint density at radius 3 is 2.51 bits per heavy atom. The van der Waals surface area contributed by atoms with Crippen LogP contribution in [0.2, 0.25) is 5.02 Å². The van der Waals surface area contributed by atoms with Crippen LogP contribution >= 0.6 is 11.6 Å². The number of primary amides is 1. The number of nitrogens with one attached hydrogen (secondary N) is 2. The van der Waals surface area contributed by atoms with Gasteiger partial charge in [0, 0.05) is 17.1 Å². The Bertz CT molecular complexity index is 1860. The second-order valence-electron chi connectivity index (χ2n) is 10.9. The highest BCUT2D eigenvalue weighted by Crippen LogP contribution is 2.43. The van der Waals surface area contributed by atoms with Crippen LogP contribution in [0.25, 0.3) is 10.9 Å². The van der Waals surface area contributed by atoms with Gasteiger partial charge < -0.3 is 21.3 Å². The fourth-order valence-corrected chi connectivity index (χ4v) is 6.38. The lowest BCUT2D eigenvalue weighted by Gasteiger charge is -2.34. The van der Waals surface area contributed by atoms with Gasteiger partial charge in [0.25, 0.3) is 11.8 Å². The number of alkyl halides is 3. The molecule has 1 aliphatic heterocycles. The Morgan fingerprint density at radius 2 is 1.78 bits per heavy atom. The normalized spacial score (nSPS) is 19.1. The van der Waals surface area contributed by atoms with Crippen LogP contribution < -0.4 is 16.4 Å². The van der Waals surface area contributed by atoms with Crippen LogP contribution in [0.15, 0.2) is 60.7 Å². The smallest absolute Gasteiger partial charge is 0.364 e. The number of pyridine rings is 1. The Labute approximate surface area is 258 Å². The molecule has 45 heavy (non-hydrogen) atoms. The highest BCUT2D eigenvalue weighted by atomic mass is 35.5. The molecule has 2 aliphatic rings. The summed E-state index contributed by atoms with van der Waals surface area (Å²) in [5, 5.41) is 9.98. The number of anilines is 2. The highest BCUT2D eigenvalue weighted by molar-refractivity contribution is 6.34. The summed E-state index contributed by atoms with van der Waals surface area (Å²) < 4.78 is 40.7. The molecule has 1 saturated carbocycles. The molecule has 1 aliphatic carbocycles. The van der Waals surface area contributed by atoms with E-state index in [9.17, 15) is 32.3 Å². The molecule has 0 unspecified atom stereocenters. The Kier molecular flexibility index (Phi) is 7.69. The van der Waals surface area contributed by atoms with Gasteiger partial charge in [-0.3, -0.25) is 23.9 Å². The molecule has 4 aromatic rings. The third kappa shape index (κ3) is 5.80. The number of likely N-dealkylation sites (tertiary alicyclic amines) is 1. The van der Waals surface area contributed by atoms with Crippen molar-refractivity contribution >= 4 is 57.6 Å². The summed E-state index contributed by atoms with van der Waals surface area (Å²) in [5.41, 5.74) is 5.27. The Morgan fingerprint density at radius 1 is 1.00 bits per heavy atom. The average Bonchev–Trinajstić information content (AvgIpc) is 3.71. The number of hydrogen-bond donors (Lipinski definition) is 3. The van der Waals surface area contributed by atoms with E-state index in [1.807, 2.05) is 0 Å². The maximum Gasteiger partial charge on any atom is 0.433 e. The van der Waals surface area contributed by atoms with Crippen molar-refractivity contribution < 1.29 is 32.3 Å². The number of amides is 4. The van der Waals surface area contributed by atoms with E-state index in [2.05, 4.69) is 20.7 Å². The van der Waals surface area contributed by atoms with Crippen molar-refractivity contribution in [3.63, 3.8) is 0 Å². The van der Waals surface area contributed by atoms with Gasteiger partial charge in [-0.05, 0) is 67.6 Å². The molecule has 15 heteroatoms. The van der Waals surface area contributed by atoms with Crippen LogP contribution in [0.4, 0.5) is 24.7 Å². The van der Waals surface area contributed by atoms with E-state index in [0.29, 0.717) is 35.9 Å².